The van der Waals surface area contributed by atoms with Crippen LogP contribution >= 0.6 is 0 Å². The highest BCUT2D eigenvalue weighted by Crippen LogP contribution is 2.35. The van der Waals surface area contributed by atoms with Crippen LogP contribution in [0.5, 0.6) is 11.5 Å². The molecule has 1 saturated heterocycles. The van der Waals surface area contributed by atoms with Crippen molar-refractivity contribution < 1.29 is 37.4 Å². The highest BCUT2D eigenvalue weighted by molar-refractivity contribution is 6.11. The fourth-order valence-corrected chi connectivity index (χ4v) is 8.08. The highest BCUT2D eigenvalue weighted by Gasteiger charge is 2.29. The number of morpholine rings is 1. The molecule has 320 valence electrons. The molecule has 2 aliphatic heterocycles. The van der Waals surface area contributed by atoms with E-state index >= 15 is 0 Å². The van der Waals surface area contributed by atoms with E-state index in [1.54, 1.807) is 47.3 Å². The summed E-state index contributed by atoms with van der Waals surface area (Å²) < 4.78 is 42.9. The molecule has 3 aromatic heterocycles. The second kappa shape index (κ2) is 18.4. The summed E-state index contributed by atoms with van der Waals surface area (Å²) in [6.45, 7) is 4.62. The van der Waals surface area contributed by atoms with Crippen LogP contribution in [0.25, 0.3) is 5.65 Å². The van der Waals surface area contributed by atoms with Crippen LogP contribution in [0.3, 0.4) is 0 Å². The smallest absolute Gasteiger partial charge is 0.315 e. The largest absolute Gasteiger partial charge is 0.457 e. The zero-order valence-electron chi connectivity index (χ0n) is 33.6. The lowest BCUT2D eigenvalue weighted by molar-refractivity contribution is -0.119. The summed E-state index contributed by atoms with van der Waals surface area (Å²) in [5.41, 5.74) is 1.70. The van der Waals surface area contributed by atoms with E-state index in [2.05, 4.69) is 46.2 Å². The van der Waals surface area contributed by atoms with Gasteiger partial charge in [0.25, 0.3) is 18.2 Å². The number of anilines is 2. The van der Waals surface area contributed by atoms with E-state index in [1.807, 2.05) is 19.2 Å². The number of benzene rings is 2. The Kier molecular flexibility index (Phi) is 12.5. The average Bonchev–Trinajstić information content (AvgIpc) is 3.88. The van der Waals surface area contributed by atoms with Crippen molar-refractivity contribution in [1.82, 2.24) is 45.2 Å². The van der Waals surface area contributed by atoms with E-state index in [1.165, 1.54) is 16.9 Å². The number of hydrogen-bond donors (Lipinski definition) is 4. The quantitative estimate of drug-likeness (QED) is 0.113. The van der Waals surface area contributed by atoms with Gasteiger partial charge in [0.05, 0.1) is 43.1 Å². The van der Waals surface area contributed by atoms with Crippen molar-refractivity contribution in [2.45, 2.75) is 51.1 Å². The Morgan fingerprint density at radius 2 is 1.85 bits per heavy atom. The number of hydrogen-bond acceptors (Lipinski definition) is 11. The Balaban J connectivity index is 0.773. The maximum atomic E-state index is 14.2. The third-order valence-electron chi connectivity index (χ3n) is 11.2. The zero-order valence-corrected chi connectivity index (χ0v) is 33.6. The second-order valence-corrected chi connectivity index (χ2v) is 15.5. The van der Waals surface area contributed by atoms with Gasteiger partial charge in [-0.1, -0.05) is 24.3 Å². The second-order valence-electron chi connectivity index (χ2n) is 15.5. The number of nitrogens with one attached hydrogen (secondary N) is 4. The van der Waals surface area contributed by atoms with Crippen molar-refractivity contribution in [3.05, 3.63) is 95.1 Å². The summed E-state index contributed by atoms with van der Waals surface area (Å²) >= 11 is 0. The van der Waals surface area contributed by atoms with Crippen LogP contribution in [0.4, 0.5) is 25.1 Å². The molecule has 3 aliphatic rings. The predicted molar refractivity (Wildman–Crippen MR) is 219 cm³/mol. The van der Waals surface area contributed by atoms with Crippen molar-refractivity contribution in [2.75, 3.05) is 63.2 Å². The van der Waals surface area contributed by atoms with E-state index in [-0.39, 0.29) is 42.2 Å². The van der Waals surface area contributed by atoms with Gasteiger partial charge in [-0.25, -0.2) is 23.1 Å². The molecule has 5 heterocycles. The molecule has 17 nitrogen and oxygen atoms in total. The Bertz CT molecular complexity index is 2410. The van der Waals surface area contributed by atoms with Gasteiger partial charge in [-0.15, -0.1) is 0 Å². The van der Waals surface area contributed by atoms with E-state index in [0.717, 1.165) is 37.8 Å². The first-order valence-electron chi connectivity index (χ1n) is 20.4. The lowest BCUT2D eigenvalue weighted by Gasteiger charge is -2.31. The summed E-state index contributed by atoms with van der Waals surface area (Å²) in [6, 6.07) is 13.7. The minimum absolute atomic E-state index is 0.0391. The molecule has 8 rings (SSSR count). The van der Waals surface area contributed by atoms with Gasteiger partial charge in [-0.2, -0.15) is 10.2 Å². The van der Waals surface area contributed by atoms with Crippen molar-refractivity contribution >= 4 is 40.9 Å². The molecule has 1 saturated carbocycles. The third kappa shape index (κ3) is 9.78. The normalized spacial score (nSPS) is 18.0. The number of carbonyl (C=O) groups is 4. The third-order valence-corrected chi connectivity index (χ3v) is 11.2. The summed E-state index contributed by atoms with van der Waals surface area (Å²) in [7, 11) is 2.00. The first kappa shape index (κ1) is 41.3. The predicted octanol–water partition coefficient (Wildman–Crippen LogP) is 4.72. The topological polar surface area (TPSA) is 189 Å². The van der Waals surface area contributed by atoms with E-state index < -0.39 is 23.9 Å². The number of aromatic nitrogens is 5. The number of rotatable bonds is 14. The summed E-state index contributed by atoms with van der Waals surface area (Å²) in [4.78, 5) is 59.2. The molecule has 61 heavy (non-hydrogen) atoms. The molecular formula is C42H47F2N11O6. The van der Waals surface area contributed by atoms with Crippen LogP contribution < -0.4 is 30.9 Å². The number of ether oxygens (including phenoxy) is 2. The number of carbonyl (C=O) groups excluding carboxylic acids is 4. The van der Waals surface area contributed by atoms with Crippen LogP contribution in [0, 0.1) is 5.92 Å². The van der Waals surface area contributed by atoms with Gasteiger partial charge in [-0.3, -0.25) is 24.4 Å². The van der Waals surface area contributed by atoms with Crippen molar-refractivity contribution in [2.24, 2.45) is 5.92 Å². The molecule has 0 atom stereocenters. The van der Waals surface area contributed by atoms with Crippen molar-refractivity contribution in [1.29, 1.82) is 0 Å². The van der Waals surface area contributed by atoms with Crippen molar-refractivity contribution in [3.8, 4) is 11.5 Å². The van der Waals surface area contributed by atoms with Gasteiger partial charge in [0.2, 0.25) is 5.91 Å². The van der Waals surface area contributed by atoms with Gasteiger partial charge < -0.3 is 35.2 Å². The van der Waals surface area contributed by atoms with Gasteiger partial charge in [0.15, 0.2) is 11.3 Å². The summed E-state index contributed by atoms with van der Waals surface area (Å²) in [6.07, 6.45) is 5.04. The number of likely N-dealkylation sites (N-methyl/N-ethyl adjacent to an activating group) is 1. The number of urea groups is 1. The first-order chi connectivity index (χ1) is 29.6. The number of fused-ring (bicyclic) bond motifs is 2. The SMILES string of the molecule is CN(CCNC(=O)NCc1cccc(Oc2cccc3c2C(=O)NC(=O)C3)c1)CC1CCC(n2cc(NC(=O)c3cnn4ccc(N5CCOCC5)nc34)c(C(F)F)n2)CC1. The lowest BCUT2D eigenvalue weighted by Crippen LogP contribution is -2.40. The van der Waals surface area contributed by atoms with Crippen molar-refractivity contribution in [3.63, 3.8) is 0 Å². The molecule has 5 aromatic rings. The molecule has 5 amide bonds. The first-order valence-corrected chi connectivity index (χ1v) is 20.4. The molecule has 4 N–H and O–H groups in total. The maximum absolute atomic E-state index is 14.2. The Labute approximate surface area is 349 Å². The fourth-order valence-electron chi connectivity index (χ4n) is 8.08. The average molecular weight is 840 g/mol. The Morgan fingerprint density at radius 3 is 2.66 bits per heavy atom. The van der Waals surface area contributed by atoms with E-state index in [4.69, 9.17) is 9.47 Å². The van der Waals surface area contributed by atoms with Crippen LogP contribution in [-0.2, 0) is 22.5 Å². The van der Waals surface area contributed by atoms with E-state index in [0.29, 0.717) is 79.4 Å². The highest BCUT2D eigenvalue weighted by atomic mass is 19.3. The molecule has 2 aromatic carbocycles. The summed E-state index contributed by atoms with van der Waals surface area (Å²) in [5, 5.41) is 19.2. The maximum Gasteiger partial charge on any atom is 0.315 e. The van der Waals surface area contributed by atoms with Crippen LogP contribution in [0.1, 0.15) is 75.7 Å². The Morgan fingerprint density at radius 1 is 1.05 bits per heavy atom. The molecular weight excluding hydrogens is 793 g/mol. The monoisotopic (exact) mass is 839 g/mol. The van der Waals surface area contributed by atoms with Gasteiger partial charge in [-0.05, 0) is 74.0 Å². The number of amides is 5. The van der Waals surface area contributed by atoms with Gasteiger partial charge >= 0.3 is 6.03 Å². The summed E-state index contributed by atoms with van der Waals surface area (Å²) in [5.74, 6) is 0.452. The molecule has 1 aliphatic carbocycles. The molecule has 0 radical (unpaired) electrons. The van der Waals surface area contributed by atoms with E-state index in [9.17, 15) is 28.0 Å². The lowest BCUT2D eigenvalue weighted by atomic mass is 9.86. The minimum Gasteiger partial charge on any atom is -0.457 e. The number of imide groups is 1. The standard InChI is InChI=1S/C42H47F2N11O6/c1-52(15-13-45-42(59)46-22-27-4-2-6-30(20-27)61-33-7-3-5-28-21-35(56)50-41(58)36(28)33)24-26-8-10-29(11-9-26)55-25-32(37(51-55)38(43)44)48-40(57)31-23-47-54-14-12-34(49-39(31)54)53-16-18-60-19-17-53/h2-7,12,14,20,23,25-26,29,38H,8-11,13,15-19,21-22,24H2,1H3,(H,48,57)(H2,45,46,59)(H,50,56,58). The van der Waals surface area contributed by atoms with Gasteiger partial charge in [0, 0.05) is 51.7 Å². The number of alkyl halides is 2. The fraction of sp³-hybridized carbons (Fsp3) is 0.405. The van der Waals surface area contributed by atoms with Crippen LogP contribution in [-0.4, -0.2) is 106 Å². The molecule has 2 fully saturated rings. The minimum atomic E-state index is -2.88. The number of halogens is 2. The van der Waals surface area contributed by atoms with Crippen LogP contribution in [0.15, 0.2) is 67.1 Å². The molecule has 0 bridgehead atoms. The zero-order chi connectivity index (χ0) is 42.5. The molecule has 19 heteroatoms. The molecule has 0 unspecified atom stereocenters. The Hall–Kier alpha value is -6.47. The molecule has 0 spiro atoms. The number of nitrogens with zero attached hydrogens (tertiary/aromatic N) is 7. The van der Waals surface area contributed by atoms with Gasteiger partial charge in [0.1, 0.15) is 22.9 Å². The van der Waals surface area contributed by atoms with Crippen LogP contribution in [0.2, 0.25) is 0 Å².